The third-order valence-corrected chi connectivity index (χ3v) is 4.71. The number of methoxy groups -OCH3 is 1. The smallest absolute Gasteiger partial charge is 0.315 e. The van der Waals surface area contributed by atoms with Crippen LogP contribution < -0.4 is 10.6 Å². The van der Waals surface area contributed by atoms with Crippen molar-refractivity contribution in [3.8, 4) is 0 Å². The van der Waals surface area contributed by atoms with Gasteiger partial charge in [-0.3, -0.25) is 0 Å². The summed E-state index contributed by atoms with van der Waals surface area (Å²) in [6.07, 6.45) is 7.20. The molecule has 1 heterocycles. The largest absolute Gasteiger partial charge is 0.407 e. The molecule has 1 aromatic rings. The minimum Gasteiger partial charge on any atom is -0.407 e. The highest BCUT2D eigenvalue weighted by molar-refractivity contribution is 7.99. The maximum atomic E-state index is 5.61. The summed E-state index contributed by atoms with van der Waals surface area (Å²) in [5, 5.41) is 15.3. The van der Waals surface area contributed by atoms with E-state index < -0.39 is 0 Å². The fourth-order valence-electron chi connectivity index (χ4n) is 2.46. The average Bonchev–Trinajstić information content (AvgIpc) is 2.92. The molecule has 0 aliphatic heterocycles. The number of thioether (sulfide) groups is 1. The lowest BCUT2D eigenvalue weighted by Crippen LogP contribution is -2.34. The molecule has 1 aliphatic carbocycles. The molecule has 0 amide bonds. The van der Waals surface area contributed by atoms with Crippen LogP contribution in [0.1, 0.15) is 31.6 Å². The number of hydrogen-bond donors (Lipinski definition) is 2. The summed E-state index contributed by atoms with van der Waals surface area (Å²) < 4.78 is 10.6. The highest BCUT2D eigenvalue weighted by Crippen LogP contribution is 2.29. The normalized spacial score (nSPS) is 22.9. The molecule has 114 valence electrons. The van der Waals surface area contributed by atoms with Crippen molar-refractivity contribution in [3.05, 3.63) is 5.89 Å². The zero-order chi connectivity index (χ0) is 14.2. The maximum Gasteiger partial charge on any atom is 0.315 e. The number of anilines is 1. The standard InChI is InChI=1S/C13H24N4O2S/c1-18-8-7-14-9-12-16-17-13(19-12)15-10-5-3-4-6-11(10)20-2/h10-11,14H,3-9H2,1-2H3,(H,15,17). The number of rotatable bonds is 8. The maximum absolute atomic E-state index is 5.61. The van der Waals surface area contributed by atoms with Gasteiger partial charge in [0.25, 0.3) is 0 Å². The Morgan fingerprint density at radius 2 is 2.20 bits per heavy atom. The molecule has 0 spiro atoms. The first kappa shape index (κ1) is 15.6. The molecule has 0 saturated heterocycles. The van der Waals surface area contributed by atoms with Crippen LogP contribution in [0.4, 0.5) is 6.01 Å². The van der Waals surface area contributed by atoms with Crippen molar-refractivity contribution in [2.24, 2.45) is 0 Å². The van der Waals surface area contributed by atoms with Crippen molar-refractivity contribution in [2.75, 3.05) is 31.8 Å². The van der Waals surface area contributed by atoms with E-state index in [1.54, 1.807) is 7.11 Å². The van der Waals surface area contributed by atoms with Crippen LogP contribution in [0.25, 0.3) is 0 Å². The second kappa shape index (κ2) is 8.49. The molecule has 7 heteroatoms. The summed E-state index contributed by atoms with van der Waals surface area (Å²) in [5.74, 6) is 0.611. The molecular formula is C13H24N4O2S. The van der Waals surface area contributed by atoms with Crippen molar-refractivity contribution >= 4 is 17.8 Å². The summed E-state index contributed by atoms with van der Waals surface area (Å²) in [6.45, 7) is 2.03. The predicted octanol–water partition coefficient (Wildman–Crippen LogP) is 1.89. The second-order valence-corrected chi connectivity index (χ2v) is 6.06. The molecule has 1 saturated carbocycles. The van der Waals surface area contributed by atoms with Crippen LogP contribution in [0.5, 0.6) is 0 Å². The van der Waals surface area contributed by atoms with Crippen molar-refractivity contribution < 1.29 is 9.15 Å². The van der Waals surface area contributed by atoms with Crippen LogP contribution >= 0.6 is 11.8 Å². The first-order valence-corrected chi connectivity index (χ1v) is 8.43. The van der Waals surface area contributed by atoms with Gasteiger partial charge in [0.1, 0.15) is 0 Å². The Kier molecular flexibility index (Phi) is 6.62. The first-order chi connectivity index (χ1) is 9.83. The molecule has 1 aliphatic rings. The quantitative estimate of drug-likeness (QED) is 0.710. The van der Waals surface area contributed by atoms with Gasteiger partial charge in [-0.2, -0.15) is 11.8 Å². The molecule has 1 fully saturated rings. The molecular weight excluding hydrogens is 276 g/mol. The van der Waals surface area contributed by atoms with Crippen LogP contribution in [0.15, 0.2) is 4.42 Å². The number of hydrogen-bond acceptors (Lipinski definition) is 7. The molecule has 0 aromatic carbocycles. The second-order valence-electron chi connectivity index (χ2n) is 4.98. The molecule has 0 radical (unpaired) electrons. The lowest BCUT2D eigenvalue weighted by atomic mass is 9.95. The summed E-state index contributed by atoms with van der Waals surface area (Å²) in [6, 6.07) is 0.980. The van der Waals surface area contributed by atoms with Crippen LogP contribution in [0.3, 0.4) is 0 Å². The Morgan fingerprint density at radius 1 is 1.35 bits per heavy atom. The number of nitrogens with one attached hydrogen (secondary N) is 2. The van der Waals surface area contributed by atoms with E-state index in [1.807, 2.05) is 11.8 Å². The molecule has 2 N–H and O–H groups in total. The fraction of sp³-hybridized carbons (Fsp3) is 0.846. The van der Waals surface area contributed by atoms with E-state index in [-0.39, 0.29) is 0 Å². The zero-order valence-corrected chi connectivity index (χ0v) is 13.0. The average molecular weight is 300 g/mol. The lowest BCUT2D eigenvalue weighted by Gasteiger charge is -2.30. The van der Waals surface area contributed by atoms with E-state index >= 15 is 0 Å². The van der Waals surface area contributed by atoms with Gasteiger partial charge in [-0.25, -0.2) is 0 Å². The van der Waals surface area contributed by atoms with Crippen LogP contribution in [0.2, 0.25) is 0 Å². The molecule has 6 nitrogen and oxygen atoms in total. The molecule has 20 heavy (non-hydrogen) atoms. The molecule has 2 atom stereocenters. The van der Waals surface area contributed by atoms with Gasteiger partial charge in [0.2, 0.25) is 5.89 Å². The molecule has 2 rings (SSSR count). The van der Waals surface area contributed by atoms with E-state index in [4.69, 9.17) is 9.15 Å². The van der Waals surface area contributed by atoms with Crippen molar-refractivity contribution in [3.63, 3.8) is 0 Å². The Morgan fingerprint density at radius 3 is 3.00 bits per heavy atom. The van der Waals surface area contributed by atoms with E-state index in [0.717, 1.165) is 6.54 Å². The van der Waals surface area contributed by atoms with Crippen LogP contribution in [-0.4, -0.2) is 48.0 Å². The van der Waals surface area contributed by atoms with Crippen molar-refractivity contribution in [1.29, 1.82) is 0 Å². The van der Waals surface area contributed by atoms with Gasteiger partial charge in [0, 0.05) is 24.9 Å². The molecule has 2 unspecified atom stereocenters. The fourth-order valence-corrected chi connectivity index (χ4v) is 3.39. The van der Waals surface area contributed by atoms with Gasteiger partial charge in [-0.05, 0) is 19.1 Å². The zero-order valence-electron chi connectivity index (χ0n) is 12.2. The van der Waals surface area contributed by atoms with Gasteiger partial charge in [-0.15, -0.1) is 5.10 Å². The Hall–Kier alpha value is -0.790. The monoisotopic (exact) mass is 300 g/mol. The van der Waals surface area contributed by atoms with Gasteiger partial charge < -0.3 is 19.8 Å². The Balaban J connectivity index is 1.79. The minimum absolute atomic E-state index is 0.438. The summed E-state index contributed by atoms with van der Waals surface area (Å²) in [5.41, 5.74) is 0. The van der Waals surface area contributed by atoms with Gasteiger partial charge >= 0.3 is 6.01 Å². The van der Waals surface area contributed by atoms with E-state index in [1.165, 1.54) is 25.7 Å². The van der Waals surface area contributed by atoms with Gasteiger partial charge in [0.05, 0.1) is 13.2 Å². The number of aromatic nitrogens is 2. The van der Waals surface area contributed by atoms with E-state index in [2.05, 4.69) is 27.1 Å². The third kappa shape index (κ3) is 4.64. The van der Waals surface area contributed by atoms with Gasteiger partial charge in [-0.1, -0.05) is 17.9 Å². The predicted molar refractivity (Wildman–Crippen MR) is 81.1 cm³/mol. The van der Waals surface area contributed by atoms with Crippen LogP contribution in [0, 0.1) is 0 Å². The Bertz CT molecular complexity index is 388. The van der Waals surface area contributed by atoms with Crippen molar-refractivity contribution in [2.45, 2.75) is 43.5 Å². The van der Waals surface area contributed by atoms with E-state index in [0.29, 0.717) is 36.3 Å². The van der Waals surface area contributed by atoms with E-state index in [9.17, 15) is 0 Å². The minimum atomic E-state index is 0.438. The topological polar surface area (TPSA) is 72.2 Å². The van der Waals surface area contributed by atoms with Crippen molar-refractivity contribution in [1.82, 2.24) is 15.5 Å². The Labute approximate surface area is 124 Å². The summed E-state index contributed by atoms with van der Waals surface area (Å²) in [7, 11) is 1.68. The highest BCUT2D eigenvalue weighted by atomic mass is 32.2. The lowest BCUT2D eigenvalue weighted by molar-refractivity contribution is 0.198. The third-order valence-electron chi connectivity index (χ3n) is 3.54. The van der Waals surface area contributed by atoms with Gasteiger partial charge in [0.15, 0.2) is 0 Å². The van der Waals surface area contributed by atoms with Crippen LogP contribution in [-0.2, 0) is 11.3 Å². The molecule has 0 bridgehead atoms. The highest BCUT2D eigenvalue weighted by Gasteiger charge is 2.25. The molecule has 1 aromatic heterocycles. The number of nitrogens with zero attached hydrogens (tertiary/aromatic N) is 2. The SMILES string of the molecule is COCCNCc1nnc(NC2CCCCC2SC)o1. The number of ether oxygens (including phenoxy) is 1. The summed E-state index contributed by atoms with van der Waals surface area (Å²) in [4.78, 5) is 0. The summed E-state index contributed by atoms with van der Waals surface area (Å²) >= 11 is 1.92. The first-order valence-electron chi connectivity index (χ1n) is 7.15.